The largest absolute Gasteiger partial charge is 0.385 e. The molecule has 0 saturated carbocycles. The molecule has 5 nitrogen and oxygen atoms in total. The number of amides is 2. The van der Waals surface area contributed by atoms with Crippen LogP contribution < -0.4 is 10.6 Å². The zero-order chi connectivity index (χ0) is 15.1. The maximum atomic E-state index is 12.0. The molecule has 2 amide bonds. The van der Waals surface area contributed by atoms with Crippen molar-refractivity contribution in [1.29, 1.82) is 0 Å². The molecule has 20 heavy (non-hydrogen) atoms. The number of nitrogens with zero attached hydrogens (tertiary/aromatic N) is 3. The van der Waals surface area contributed by atoms with E-state index in [0.717, 1.165) is 11.3 Å². The van der Waals surface area contributed by atoms with Crippen molar-refractivity contribution in [2.45, 2.75) is 32.4 Å². The first-order valence-electron chi connectivity index (χ1n) is 6.74. The first-order valence-corrected chi connectivity index (χ1v) is 6.74. The second kappa shape index (κ2) is 4.81. The van der Waals surface area contributed by atoms with Crippen LogP contribution in [-0.4, -0.2) is 36.9 Å². The van der Waals surface area contributed by atoms with Crippen molar-refractivity contribution in [1.82, 2.24) is 4.90 Å². The predicted octanol–water partition coefficient (Wildman–Crippen LogP) is 2.17. The van der Waals surface area contributed by atoms with Gasteiger partial charge in [0.25, 0.3) is 0 Å². The summed E-state index contributed by atoms with van der Waals surface area (Å²) in [6.45, 7) is 5.89. The fraction of sp³-hybridized carbons (Fsp3) is 0.467. The van der Waals surface area contributed by atoms with Crippen molar-refractivity contribution in [3.8, 4) is 0 Å². The van der Waals surface area contributed by atoms with Crippen LogP contribution in [0.1, 0.15) is 26.3 Å². The zero-order valence-corrected chi connectivity index (χ0v) is 12.7. The number of hydrogen-bond acceptors (Lipinski definition) is 3. The molecule has 1 unspecified atom stereocenters. The molecule has 1 atom stereocenters. The number of benzene rings is 1. The van der Waals surface area contributed by atoms with Crippen LogP contribution in [0.2, 0.25) is 0 Å². The summed E-state index contributed by atoms with van der Waals surface area (Å²) in [7, 11) is 3.98. The van der Waals surface area contributed by atoms with Crippen molar-refractivity contribution >= 4 is 17.6 Å². The van der Waals surface area contributed by atoms with E-state index in [0.29, 0.717) is 5.84 Å². The van der Waals surface area contributed by atoms with Crippen molar-refractivity contribution in [3.05, 3.63) is 29.8 Å². The number of anilines is 1. The van der Waals surface area contributed by atoms with Gasteiger partial charge in [-0.3, -0.25) is 0 Å². The molecule has 0 aliphatic carbocycles. The van der Waals surface area contributed by atoms with E-state index < -0.39 is 5.54 Å². The average Bonchev–Trinajstić information content (AvgIpc) is 2.60. The van der Waals surface area contributed by atoms with Gasteiger partial charge in [-0.1, -0.05) is 12.1 Å². The van der Waals surface area contributed by atoms with E-state index in [1.54, 1.807) is 4.90 Å². The van der Waals surface area contributed by atoms with Crippen LogP contribution in [0.15, 0.2) is 29.3 Å². The maximum Gasteiger partial charge on any atom is 0.346 e. The van der Waals surface area contributed by atoms with Gasteiger partial charge in [0.05, 0.1) is 0 Å². The molecular formula is C15H22N4O. The monoisotopic (exact) mass is 274 g/mol. The third kappa shape index (κ3) is 2.03. The van der Waals surface area contributed by atoms with Gasteiger partial charge in [-0.25, -0.2) is 4.79 Å². The van der Waals surface area contributed by atoms with Gasteiger partial charge in [0, 0.05) is 25.8 Å². The van der Waals surface area contributed by atoms with Gasteiger partial charge in [0.1, 0.15) is 11.4 Å². The standard InChI is InChI=1S/C15H22N4O/c1-10(2)19-14(20)17-13(16)15(19,3)11-6-8-12(9-7-11)18(4)5/h6-10H,1-5H3,(H2,16,17,20). The average molecular weight is 274 g/mol. The van der Waals surface area contributed by atoms with Crippen LogP contribution in [0, 0.1) is 0 Å². The van der Waals surface area contributed by atoms with Crippen molar-refractivity contribution in [2.75, 3.05) is 19.0 Å². The summed E-state index contributed by atoms with van der Waals surface area (Å²) in [4.78, 5) is 19.8. The first-order chi connectivity index (χ1) is 9.28. The lowest BCUT2D eigenvalue weighted by atomic mass is 9.88. The van der Waals surface area contributed by atoms with Crippen LogP contribution in [0.4, 0.5) is 10.5 Å². The molecule has 0 fully saturated rings. The van der Waals surface area contributed by atoms with Crippen LogP contribution in [0.25, 0.3) is 0 Å². The molecule has 1 aliphatic heterocycles. The molecule has 1 heterocycles. The Bertz CT molecular complexity index is 547. The van der Waals surface area contributed by atoms with Crippen LogP contribution in [0.5, 0.6) is 0 Å². The topological polar surface area (TPSA) is 61.9 Å². The fourth-order valence-electron chi connectivity index (χ4n) is 2.69. The molecule has 0 radical (unpaired) electrons. The lowest BCUT2D eigenvalue weighted by molar-refractivity contribution is 0.155. The molecule has 1 aromatic carbocycles. The third-order valence-electron chi connectivity index (χ3n) is 3.86. The zero-order valence-electron chi connectivity index (χ0n) is 12.7. The normalized spacial score (nSPS) is 22.4. The number of nitrogens with two attached hydrogens (primary N) is 1. The fourth-order valence-corrected chi connectivity index (χ4v) is 2.69. The van der Waals surface area contributed by atoms with E-state index >= 15 is 0 Å². The Balaban J connectivity index is 2.47. The molecule has 0 aromatic heterocycles. The van der Waals surface area contributed by atoms with Crippen molar-refractivity contribution in [3.63, 3.8) is 0 Å². The molecule has 5 heteroatoms. The predicted molar refractivity (Wildman–Crippen MR) is 82.1 cm³/mol. The van der Waals surface area contributed by atoms with Gasteiger partial charge in [-0.2, -0.15) is 4.99 Å². The van der Waals surface area contributed by atoms with Gasteiger partial charge in [-0.15, -0.1) is 0 Å². The lowest BCUT2D eigenvalue weighted by Gasteiger charge is -2.38. The Morgan fingerprint density at radius 3 is 2.25 bits per heavy atom. The smallest absolute Gasteiger partial charge is 0.346 e. The molecule has 2 rings (SSSR count). The van der Waals surface area contributed by atoms with Gasteiger partial charge < -0.3 is 15.5 Å². The number of carbonyl (C=O) groups is 1. The summed E-state index contributed by atoms with van der Waals surface area (Å²) in [6, 6.07) is 7.82. The van der Waals surface area contributed by atoms with Crippen LogP contribution in [0.3, 0.4) is 0 Å². The number of urea groups is 1. The number of rotatable bonds is 3. The second-order valence-electron chi connectivity index (χ2n) is 5.76. The highest BCUT2D eigenvalue weighted by atomic mass is 16.2. The molecule has 2 N–H and O–H groups in total. The summed E-state index contributed by atoms with van der Waals surface area (Å²) in [5.74, 6) is 0.355. The SMILES string of the molecule is CC(C)N1C(=O)N=C(N)C1(C)c1ccc(N(C)C)cc1. The number of hydrogen-bond donors (Lipinski definition) is 1. The highest BCUT2D eigenvalue weighted by molar-refractivity contribution is 6.06. The highest BCUT2D eigenvalue weighted by Gasteiger charge is 2.47. The Labute approximate surface area is 120 Å². The summed E-state index contributed by atoms with van der Waals surface area (Å²) >= 11 is 0. The maximum absolute atomic E-state index is 12.0. The third-order valence-corrected chi connectivity index (χ3v) is 3.86. The Kier molecular flexibility index (Phi) is 3.46. The molecule has 108 valence electrons. The Hall–Kier alpha value is -2.04. The highest BCUT2D eigenvalue weighted by Crippen LogP contribution is 2.35. The van der Waals surface area contributed by atoms with Crippen LogP contribution >= 0.6 is 0 Å². The van der Waals surface area contributed by atoms with Crippen molar-refractivity contribution in [2.24, 2.45) is 10.7 Å². The summed E-state index contributed by atoms with van der Waals surface area (Å²) in [6.07, 6.45) is 0. The second-order valence-corrected chi connectivity index (χ2v) is 5.76. The number of carbonyl (C=O) groups excluding carboxylic acids is 1. The van der Waals surface area contributed by atoms with E-state index in [2.05, 4.69) is 4.99 Å². The van der Waals surface area contributed by atoms with Gasteiger partial charge in [0.15, 0.2) is 0 Å². The van der Waals surface area contributed by atoms with E-state index in [9.17, 15) is 4.79 Å². The molecule has 1 aromatic rings. The van der Waals surface area contributed by atoms with E-state index in [-0.39, 0.29) is 12.1 Å². The number of amidine groups is 1. The summed E-state index contributed by atoms with van der Waals surface area (Å²) < 4.78 is 0. The molecule has 0 saturated heterocycles. The first kappa shape index (κ1) is 14.4. The minimum atomic E-state index is -0.671. The molecule has 0 bridgehead atoms. The lowest BCUT2D eigenvalue weighted by Crippen LogP contribution is -2.52. The minimum Gasteiger partial charge on any atom is -0.385 e. The summed E-state index contributed by atoms with van der Waals surface area (Å²) in [5, 5.41) is 0. The van der Waals surface area contributed by atoms with Gasteiger partial charge in [0.2, 0.25) is 0 Å². The minimum absolute atomic E-state index is 0.0332. The number of aliphatic imine (C=N–C) groups is 1. The van der Waals surface area contributed by atoms with E-state index in [4.69, 9.17) is 5.73 Å². The van der Waals surface area contributed by atoms with E-state index in [1.807, 2.05) is 64.0 Å². The Morgan fingerprint density at radius 1 is 1.25 bits per heavy atom. The van der Waals surface area contributed by atoms with Crippen LogP contribution in [-0.2, 0) is 5.54 Å². The van der Waals surface area contributed by atoms with Crippen molar-refractivity contribution < 1.29 is 4.79 Å². The molecule has 0 spiro atoms. The molecule has 1 aliphatic rings. The van der Waals surface area contributed by atoms with Gasteiger partial charge in [-0.05, 0) is 38.5 Å². The summed E-state index contributed by atoms with van der Waals surface area (Å²) in [5.41, 5.74) is 7.45. The van der Waals surface area contributed by atoms with Gasteiger partial charge >= 0.3 is 6.03 Å². The Morgan fingerprint density at radius 2 is 1.80 bits per heavy atom. The quantitative estimate of drug-likeness (QED) is 0.919. The van der Waals surface area contributed by atoms with E-state index in [1.165, 1.54) is 0 Å². The molecular weight excluding hydrogens is 252 g/mol.